The van der Waals surface area contributed by atoms with Crippen LogP contribution in [0.25, 0.3) is 23.2 Å². The van der Waals surface area contributed by atoms with Gasteiger partial charge in [0.1, 0.15) is 11.5 Å². The van der Waals surface area contributed by atoms with Gasteiger partial charge in [-0.2, -0.15) is 5.10 Å². The van der Waals surface area contributed by atoms with E-state index in [4.69, 9.17) is 9.15 Å². The lowest BCUT2D eigenvalue weighted by Crippen LogP contribution is -2.38. The molecule has 0 spiro atoms. The van der Waals surface area contributed by atoms with Crippen LogP contribution in [0.4, 0.5) is 0 Å². The van der Waals surface area contributed by atoms with E-state index in [9.17, 15) is 9.59 Å². The van der Waals surface area contributed by atoms with Crippen molar-refractivity contribution in [1.82, 2.24) is 14.7 Å². The molecular formula is C24H25N3O4. The van der Waals surface area contributed by atoms with Crippen molar-refractivity contribution in [1.29, 1.82) is 0 Å². The molecule has 1 aliphatic rings. The van der Waals surface area contributed by atoms with E-state index in [2.05, 4.69) is 5.10 Å². The number of nitrogens with zero attached hydrogens (tertiary/aromatic N) is 3. The van der Waals surface area contributed by atoms with Crippen molar-refractivity contribution in [3.63, 3.8) is 0 Å². The molecule has 0 atom stereocenters. The number of carbonyl (C=O) groups is 2. The second-order valence-corrected chi connectivity index (χ2v) is 7.51. The Balaban J connectivity index is 1.48. The molecule has 3 heterocycles. The number of hydrogen-bond acceptors (Lipinski definition) is 5. The molecule has 1 aromatic carbocycles. The fourth-order valence-electron chi connectivity index (χ4n) is 3.55. The summed E-state index contributed by atoms with van der Waals surface area (Å²) in [5.41, 5.74) is 2.21. The summed E-state index contributed by atoms with van der Waals surface area (Å²) in [6, 6.07) is 13.4. The van der Waals surface area contributed by atoms with Crippen LogP contribution in [0.3, 0.4) is 0 Å². The van der Waals surface area contributed by atoms with Crippen molar-refractivity contribution in [3.05, 3.63) is 66.1 Å². The number of furan rings is 1. The van der Waals surface area contributed by atoms with Crippen LogP contribution >= 0.6 is 0 Å². The van der Waals surface area contributed by atoms with Crippen LogP contribution in [0, 0.1) is 6.92 Å². The van der Waals surface area contributed by atoms with Gasteiger partial charge in [-0.05, 0) is 56.5 Å². The number of likely N-dealkylation sites (tertiary alicyclic amines) is 1. The molecule has 4 rings (SSSR count). The summed E-state index contributed by atoms with van der Waals surface area (Å²) in [7, 11) is 0. The first-order valence-corrected chi connectivity index (χ1v) is 10.4. The first-order valence-electron chi connectivity index (χ1n) is 10.4. The highest BCUT2D eigenvalue weighted by atomic mass is 16.5. The van der Waals surface area contributed by atoms with E-state index in [0.717, 1.165) is 43.8 Å². The third-order valence-corrected chi connectivity index (χ3v) is 5.18. The minimum Gasteiger partial charge on any atom is -0.460 e. The zero-order valence-corrected chi connectivity index (χ0v) is 17.5. The summed E-state index contributed by atoms with van der Waals surface area (Å²) in [6.07, 6.45) is 7.91. The Labute approximate surface area is 180 Å². The average Bonchev–Trinajstić information content (AvgIpc) is 3.43. The van der Waals surface area contributed by atoms with Gasteiger partial charge in [0, 0.05) is 30.9 Å². The second-order valence-electron chi connectivity index (χ2n) is 7.51. The Hall–Kier alpha value is -3.61. The highest BCUT2D eigenvalue weighted by Crippen LogP contribution is 2.26. The van der Waals surface area contributed by atoms with E-state index >= 15 is 0 Å². The SMILES string of the molecule is Cc1ccc(-c2nn(-c3ccccc3)cc2/C=C/C(=O)OCC(=O)N2CCCCC2)o1. The molecule has 0 saturated carbocycles. The van der Waals surface area contributed by atoms with Crippen LogP contribution in [-0.4, -0.2) is 46.3 Å². The monoisotopic (exact) mass is 419 g/mol. The molecule has 3 aromatic rings. The first kappa shape index (κ1) is 20.7. The van der Waals surface area contributed by atoms with Crippen molar-refractivity contribution in [2.75, 3.05) is 19.7 Å². The fraction of sp³-hybridized carbons (Fsp3) is 0.292. The molecule has 0 N–H and O–H groups in total. The minimum absolute atomic E-state index is 0.148. The number of aryl methyl sites for hydroxylation is 1. The number of piperidine rings is 1. The number of para-hydroxylation sites is 1. The lowest BCUT2D eigenvalue weighted by molar-refractivity contribution is -0.148. The molecule has 7 nitrogen and oxygen atoms in total. The molecule has 1 saturated heterocycles. The van der Waals surface area contributed by atoms with Crippen molar-refractivity contribution in [3.8, 4) is 17.1 Å². The van der Waals surface area contributed by atoms with Gasteiger partial charge in [0.25, 0.3) is 5.91 Å². The number of benzene rings is 1. The molecule has 0 radical (unpaired) electrons. The lowest BCUT2D eigenvalue weighted by atomic mass is 10.1. The third kappa shape index (κ3) is 5.12. The zero-order valence-electron chi connectivity index (χ0n) is 17.5. The van der Waals surface area contributed by atoms with E-state index in [1.807, 2.05) is 55.6 Å². The van der Waals surface area contributed by atoms with Gasteiger partial charge < -0.3 is 14.1 Å². The largest absolute Gasteiger partial charge is 0.460 e. The first-order chi connectivity index (χ1) is 15.1. The quantitative estimate of drug-likeness (QED) is 0.446. The van der Waals surface area contributed by atoms with E-state index < -0.39 is 5.97 Å². The number of hydrogen-bond donors (Lipinski definition) is 0. The summed E-state index contributed by atoms with van der Waals surface area (Å²) in [6.45, 7) is 3.09. The van der Waals surface area contributed by atoms with Crippen molar-refractivity contribution in [2.24, 2.45) is 0 Å². The third-order valence-electron chi connectivity index (χ3n) is 5.18. The highest BCUT2D eigenvalue weighted by Gasteiger charge is 2.18. The molecule has 31 heavy (non-hydrogen) atoms. The minimum atomic E-state index is -0.570. The predicted octanol–water partition coefficient (Wildman–Crippen LogP) is 4.01. The van der Waals surface area contributed by atoms with Crippen LogP contribution in [-0.2, 0) is 14.3 Å². The smallest absolute Gasteiger partial charge is 0.331 e. The standard InChI is InChI=1S/C24H25N3O4/c1-18-10-12-21(31-18)24-19(16-27(25-24)20-8-4-2-5-9-20)11-13-23(29)30-17-22(28)26-14-6-3-7-15-26/h2,4-5,8-13,16H,3,6-7,14-15,17H2,1H3/b13-11+. The molecule has 0 unspecified atom stereocenters. The van der Waals surface area contributed by atoms with Crippen molar-refractivity contribution < 1.29 is 18.7 Å². The maximum absolute atomic E-state index is 12.2. The number of amides is 1. The zero-order chi connectivity index (χ0) is 21.6. The van der Waals surface area contributed by atoms with Gasteiger partial charge in [0.05, 0.1) is 5.69 Å². The van der Waals surface area contributed by atoms with Crippen LogP contribution in [0.1, 0.15) is 30.6 Å². The maximum atomic E-state index is 12.2. The fourth-order valence-corrected chi connectivity index (χ4v) is 3.55. The number of aromatic nitrogens is 2. The predicted molar refractivity (Wildman–Crippen MR) is 116 cm³/mol. The molecule has 1 amide bonds. The van der Waals surface area contributed by atoms with Crippen LogP contribution < -0.4 is 0 Å². The van der Waals surface area contributed by atoms with Gasteiger partial charge in [-0.3, -0.25) is 4.79 Å². The van der Waals surface area contributed by atoms with E-state index in [0.29, 0.717) is 17.0 Å². The lowest BCUT2D eigenvalue weighted by Gasteiger charge is -2.26. The molecule has 2 aromatic heterocycles. The van der Waals surface area contributed by atoms with Gasteiger partial charge in [0.15, 0.2) is 12.4 Å². The van der Waals surface area contributed by atoms with E-state index in [1.54, 1.807) is 15.7 Å². The van der Waals surface area contributed by atoms with Crippen LogP contribution in [0.5, 0.6) is 0 Å². The number of rotatable bonds is 6. The molecule has 1 fully saturated rings. The van der Waals surface area contributed by atoms with Gasteiger partial charge >= 0.3 is 5.97 Å². The molecule has 1 aliphatic heterocycles. The van der Waals surface area contributed by atoms with Gasteiger partial charge in [-0.1, -0.05) is 18.2 Å². The van der Waals surface area contributed by atoms with Gasteiger partial charge in [-0.25, -0.2) is 9.48 Å². The second kappa shape index (κ2) is 9.47. The Morgan fingerprint density at radius 3 is 2.58 bits per heavy atom. The summed E-state index contributed by atoms with van der Waals surface area (Å²) in [5.74, 6) is 0.666. The van der Waals surface area contributed by atoms with Gasteiger partial charge in [-0.15, -0.1) is 0 Å². The molecule has 0 aliphatic carbocycles. The Morgan fingerprint density at radius 1 is 1.10 bits per heavy atom. The summed E-state index contributed by atoms with van der Waals surface area (Å²) in [5, 5.41) is 4.64. The number of carbonyl (C=O) groups excluding carboxylic acids is 2. The molecule has 7 heteroatoms. The molecule has 0 bridgehead atoms. The van der Waals surface area contributed by atoms with E-state index in [1.165, 1.54) is 6.08 Å². The Bertz CT molecular complexity index is 1080. The van der Waals surface area contributed by atoms with Crippen molar-refractivity contribution >= 4 is 18.0 Å². The maximum Gasteiger partial charge on any atom is 0.331 e. The van der Waals surface area contributed by atoms with Crippen LogP contribution in [0.2, 0.25) is 0 Å². The highest BCUT2D eigenvalue weighted by molar-refractivity contribution is 5.90. The Kier molecular flexibility index (Phi) is 6.31. The summed E-state index contributed by atoms with van der Waals surface area (Å²) < 4.78 is 12.6. The average molecular weight is 419 g/mol. The topological polar surface area (TPSA) is 77.6 Å². The Morgan fingerprint density at radius 2 is 1.87 bits per heavy atom. The molecule has 160 valence electrons. The van der Waals surface area contributed by atoms with Crippen molar-refractivity contribution in [2.45, 2.75) is 26.2 Å². The summed E-state index contributed by atoms with van der Waals surface area (Å²) >= 11 is 0. The summed E-state index contributed by atoms with van der Waals surface area (Å²) in [4.78, 5) is 26.1. The number of esters is 1. The van der Waals surface area contributed by atoms with E-state index in [-0.39, 0.29) is 12.5 Å². The normalized spacial score (nSPS) is 14.2. The number of ether oxygens (including phenoxy) is 1. The van der Waals surface area contributed by atoms with Gasteiger partial charge in [0.2, 0.25) is 0 Å². The van der Waals surface area contributed by atoms with Crippen LogP contribution in [0.15, 0.2) is 59.2 Å². The molecular weight excluding hydrogens is 394 g/mol.